The number of ether oxygens (including phenoxy) is 1. The van der Waals surface area contributed by atoms with Gasteiger partial charge in [-0.05, 0) is 43.9 Å². The van der Waals surface area contributed by atoms with E-state index in [1.807, 2.05) is 0 Å². The van der Waals surface area contributed by atoms with Gasteiger partial charge in [-0.2, -0.15) is 0 Å². The average Bonchev–Trinajstić information content (AvgIpc) is 2.67. The van der Waals surface area contributed by atoms with Gasteiger partial charge in [0.15, 0.2) is 5.60 Å². The maximum Gasteiger partial charge on any atom is 0.261 e. The highest BCUT2D eigenvalue weighted by Gasteiger charge is 2.42. The normalized spacial score (nSPS) is 18.3. The van der Waals surface area contributed by atoms with E-state index in [0.29, 0.717) is 23.6 Å². The van der Waals surface area contributed by atoms with E-state index < -0.39 is 5.60 Å². The molecule has 0 unspecified atom stereocenters. The predicted octanol–water partition coefficient (Wildman–Crippen LogP) is 2.52. The van der Waals surface area contributed by atoms with Crippen LogP contribution in [0.2, 0.25) is 5.02 Å². The Labute approximate surface area is 99.5 Å². The number of amides is 1. The van der Waals surface area contributed by atoms with Gasteiger partial charge in [0, 0.05) is 5.02 Å². The molecule has 0 heterocycles. The number of rotatable bonds is 3. The van der Waals surface area contributed by atoms with Crippen LogP contribution in [0, 0.1) is 0 Å². The van der Waals surface area contributed by atoms with Crippen molar-refractivity contribution in [2.24, 2.45) is 5.73 Å². The van der Waals surface area contributed by atoms with Gasteiger partial charge in [-0.3, -0.25) is 4.79 Å². The van der Waals surface area contributed by atoms with Crippen LogP contribution in [0.25, 0.3) is 0 Å². The summed E-state index contributed by atoms with van der Waals surface area (Å²) in [5, 5.41) is 0.593. The molecule has 0 aliphatic heterocycles. The van der Waals surface area contributed by atoms with Crippen molar-refractivity contribution in [1.82, 2.24) is 0 Å². The molecule has 0 bridgehead atoms. The second kappa shape index (κ2) is 4.34. The van der Waals surface area contributed by atoms with E-state index in [0.717, 1.165) is 12.8 Å². The number of benzene rings is 1. The second-order valence-corrected chi connectivity index (χ2v) is 4.56. The maximum absolute atomic E-state index is 11.5. The molecule has 1 aromatic rings. The number of carbonyl (C=O) groups excluding carboxylic acids is 1. The summed E-state index contributed by atoms with van der Waals surface area (Å²) < 4.78 is 5.75. The Morgan fingerprint density at radius 3 is 2.62 bits per heavy atom. The molecule has 1 aromatic carbocycles. The van der Waals surface area contributed by atoms with E-state index in [4.69, 9.17) is 22.1 Å². The van der Waals surface area contributed by atoms with Crippen LogP contribution < -0.4 is 10.5 Å². The van der Waals surface area contributed by atoms with Gasteiger partial charge in [0.05, 0.1) is 0 Å². The first-order valence-corrected chi connectivity index (χ1v) is 5.75. The highest BCUT2D eigenvalue weighted by atomic mass is 35.5. The zero-order valence-electron chi connectivity index (χ0n) is 8.91. The fourth-order valence-corrected chi connectivity index (χ4v) is 2.28. The predicted molar refractivity (Wildman–Crippen MR) is 62.5 cm³/mol. The molecule has 1 fully saturated rings. The zero-order chi connectivity index (χ0) is 11.6. The average molecular weight is 240 g/mol. The standard InChI is InChI=1S/C12H14ClNO2/c13-9-4-3-5-10(8-9)16-12(11(14)15)6-1-2-7-12/h3-5,8H,1-2,6-7H2,(H2,14,15). The minimum Gasteiger partial charge on any atom is -0.477 e. The first-order valence-electron chi connectivity index (χ1n) is 5.37. The lowest BCUT2D eigenvalue weighted by atomic mass is 10.0. The lowest BCUT2D eigenvalue weighted by Gasteiger charge is -2.26. The highest BCUT2D eigenvalue weighted by molar-refractivity contribution is 6.30. The van der Waals surface area contributed by atoms with Crippen LogP contribution >= 0.6 is 11.6 Å². The Hall–Kier alpha value is -1.22. The molecule has 4 heteroatoms. The van der Waals surface area contributed by atoms with Crippen molar-refractivity contribution < 1.29 is 9.53 Å². The number of carbonyl (C=O) groups is 1. The molecule has 1 saturated carbocycles. The fraction of sp³-hybridized carbons (Fsp3) is 0.417. The lowest BCUT2D eigenvalue weighted by Crippen LogP contribution is -2.46. The summed E-state index contributed by atoms with van der Waals surface area (Å²) in [5.41, 5.74) is 4.59. The SMILES string of the molecule is NC(=O)C1(Oc2cccc(Cl)c2)CCCC1. The van der Waals surface area contributed by atoms with Crippen LogP contribution in [0.3, 0.4) is 0 Å². The molecule has 1 amide bonds. The third kappa shape index (κ3) is 2.14. The molecule has 2 rings (SSSR count). The fourth-order valence-electron chi connectivity index (χ4n) is 2.10. The third-order valence-corrected chi connectivity index (χ3v) is 3.20. The molecule has 0 aromatic heterocycles. The summed E-state index contributed by atoms with van der Waals surface area (Å²) in [7, 11) is 0. The van der Waals surface area contributed by atoms with E-state index in [1.165, 1.54) is 0 Å². The molecule has 0 radical (unpaired) electrons. The molecule has 0 atom stereocenters. The number of halogens is 1. The maximum atomic E-state index is 11.5. The monoisotopic (exact) mass is 239 g/mol. The van der Waals surface area contributed by atoms with Gasteiger partial charge in [0.25, 0.3) is 5.91 Å². The molecule has 86 valence electrons. The number of primary amides is 1. The van der Waals surface area contributed by atoms with Crippen LogP contribution in [-0.2, 0) is 4.79 Å². The molecule has 0 saturated heterocycles. The van der Waals surface area contributed by atoms with Gasteiger partial charge < -0.3 is 10.5 Å². The largest absolute Gasteiger partial charge is 0.477 e. The van der Waals surface area contributed by atoms with Crippen LogP contribution in [0.4, 0.5) is 0 Å². The summed E-state index contributed by atoms with van der Waals surface area (Å²) in [6.45, 7) is 0. The van der Waals surface area contributed by atoms with Crippen molar-refractivity contribution in [2.45, 2.75) is 31.3 Å². The van der Waals surface area contributed by atoms with Crippen LogP contribution in [0.1, 0.15) is 25.7 Å². The van der Waals surface area contributed by atoms with Crippen molar-refractivity contribution in [3.05, 3.63) is 29.3 Å². The Bertz CT molecular complexity index is 400. The molecule has 16 heavy (non-hydrogen) atoms. The van der Waals surface area contributed by atoms with Crippen molar-refractivity contribution in [2.75, 3.05) is 0 Å². The van der Waals surface area contributed by atoms with Crippen molar-refractivity contribution in [1.29, 1.82) is 0 Å². The molecular weight excluding hydrogens is 226 g/mol. The highest BCUT2D eigenvalue weighted by Crippen LogP contribution is 2.34. The smallest absolute Gasteiger partial charge is 0.261 e. The Morgan fingerprint density at radius 2 is 2.06 bits per heavy atom. The van der Waals surface area contributed by atoms with Gasteiger partial charge in [-0.25, -0.2) is 0 Å². The van der Waals surface area contributed by atoms with Gasteiger partial charge in [0.1, 0.15) is 5.75 Å². The molecular formula is C12H14ClNO2. The molecule has 1 aliphatic rings. The lowest BCUT2D eigenvalue weighted by molar-refractivity contribution is -0.132. The van der Waals surface area contributed by atoms with Crippen LogP contribution in [0.5, 0.6) is 5.75 Å². The van der Waals surface area contributed by atoms with E-state index >= 15 is 0 Å². The molecule has 2 N–H and O–H groups in total. The Morgan fingerprint density at radius 1 is 1.38 bits per heavy atom. The molecule has 0 spiro atoms. The molecule has 3 nitrogen and oxygen atoms in total. The van der Waals surface area contributed by atoms with E-state index in [1.54, 1.807) is 24.3 Å². The minimum atomic E-state index is -0.829. The van der Waals surface area contributed by atoms with Crippen LogP contribution in [-0.4, -0.2) is 11.5 Å². The summed E-state index contributed by atoms with van der Waals surface area (Å²) in [6, 6.07) is 7.04. The van der Waals surface area contributed by atoms with E-state index in [2.05, 4.69) is 0 Å². The van der Waals surface area contributed by atoms with Gasteiger partial charge in [-0.1, -0.05) is 17.7 Å². The minimum absolute atomic E-state index is 0.384. The van der Waals surface area contributed by atoms with Crippen LogP contribution in [0.15, 0.2) is 24.3 Å². The van der Waals surface area contributed by atoms with Gasteiger partial charge in [-0.15, -0.1) is 0 Å². The van der Waals surface area contributed by atoms with Gasteiger partial charge >= 0.3 is 0 Å². The zero-order valence-corrected chi connectivity index (χ0v) is 9.67. The number of hydrogen-bond acceptors (Lipinski definition) is 2. The topological polar surface area (TPSA) is 52.3 Å². The summed E-state index contributed by atoms with van der Waals surface area (Å²) in [5.74, 6) is 0.221. The van der Waals surface area contributed by atoms with Gasteiger partial charge in [0.2, 0.25) is 0 Å². The second-order valence-electron chi connectivity index (χ2n) is 4.13. The quantitative estimate of drug-likeness (QED) is 0.881. The first-order chi connectivity index (χ1) is 7.62. The first kappa shape index (κ1) is 11.3. The number of hydrogen-bond donors (Lipinski definition) is 1. The van der Waals surface area contributed by atoms with E-state index in [9.17, 15) is 4.79 Å². The van der Waals surface area contributed by atoms with Crippen molar-refractivity contribution in [3.8, 4) is 5.75 Å². The summed E-state index contributed by atoms with van der Waals surface area (Å²) >= 11 is 5.86. The summed E-state index contributed by atoms with van der Waals surface area (Å²) in [6.07, 6.45) is 3.33. The van der Waals surface area contributed by atoms with E-state index in [-0.39, 0.29) is 5.91 Å². The Balaban J connectivity index is 2.21. The number of nitrogens with two attached hydrogens (primary N) is 1. The van der Waals surface area contributed by atoms with Crippen molar-refractivity contribution >= 4 is 17.5 Å². The Kier molecular flexibility index (Phi) is 3.06. The third-order valence-electron chi connectivity index (χ3n) is 2.97. The molecule has 1 aliphatic carbocycles. The van der Waals surface area contributed by atoms with Crippen molar-refractivity contribution in [3.63, 3.8) is 0 Å². The summed E-state index contributed by atoms with van der Waals surface area (Å²) in [4.78, 5) is 11.5.